The molecule has 1 fully saturated rings. The Morgan fingerprint density at radius 1 is 1.00 bits per heavy atom. The molecule has 3 heterocycles. The Morgan fingerprint density at radius 3 is 2.38 bits per heavy atom. The van der Waals surface area contributed by atoms with E-state index in [4.69, 9.17) is 9.15 Å². The Balaban J connectivity index is 1.20. The molecule has 2 unspecified atom stereocenters. The molecule has 2 aliphatic heterocycles. The van der Waals surface area contributed by atoms with Crippen LogP contribution in [-0.2, 0) is 4.74 Å². The number of carbonyl (C=O) groups excluding carboxylic acids is 2. The normalized spacial score (nSPS) is 21.1. The summed E-state index contributed by atoms with van der Waals surface area (Å²) in [5.74, 6) is 1.10. The van der Waals surface area contributed by atoms with Gasteiger partial charge in [-0.05, 0) is 59.2 Å². The van der Waals surface area contributed by atoms with Crippen molar-refractivity contribution in [3.63, 3.8) is 0 Å². The zero-order valence-corrected chi connectivity index (χ0v) is 17.6. The van der Waals surface area contributed by atoms with Crippen molar-refractivity contribution in [3.05, 3.63) is 89.4 Å². The summed E-state index contributed by atoms with van der Waals surface area (Å²) in [6.45, 7) is 0.334. The third kappa shape index (κ3) is 3.00. The summed E-state index contributed by atoms with van der Waals surface area (Å²) in [4.78, 5) is 26.0. The number of hydrogen-bond acceptors (Lipinski definition) is 4. The van der Waals surface area contributed by atoms with E-state index in [2.05, 4.69) is 42.5 Å². The van der Waals surface area contributed by atoms with Gasteiger partial charge in [-0.1, -0.05) is 54.6 Å². The first-order valence-electron chi connectivity index (χ1n) is 11.1. The largest absolute Gasteiger partial charge is 0.454 e. The van der Waals surface area contributed by atoms with Gasteiger partial charge in [-0.2, -0.15) is 0 Å². The second-order valence-corrected chi connectivity index (χ2v) is 8.73. The summed E-state index contributed by atoms with van der Waals surface area (Å²) in [6, 6.07) is 20.3. The van der Waals surface area contributed by atoms with Crippen molar-refractivity contribution in [3.8, 4) is 11.1 Å². The average molecular weight is 425 g/mol. The van der Waals surface area contributed by atoms with E-state index in [1.807, 2.05) is 23.1 Å². The molecule has 2 aromatic carbocycles. The maximum absolute atomic E-state index is 13.1. The molecule has 5 heteroatoms. The lowest BCUT2D eigenvalue weighted by Crippen LogP contribution is -2.43. The first kappa shape index (κ1) is 19.1. The molecule has 0 radical (unpaired) electrons. The van der Waals surface area contributed by atoms with Crippen LogP contribution in [0, 0.1) is 0 Å². The van der Waals surface area contributed by atoms with Crippen LogP contribution in [0.2, 0.25) is 0 Å². The maximum Gasteiger partial charge on any atom is 0.410 e. The van der Waals surface area contributed by atoms with E-state index in [1.54, 1.807) is 6.07 Å². The number of carbonyl (C=O) groups is 2. The molecule has 1 saturated heterocycles. The van der Waals surface area contributed by atoms with Gasteiger partial charge in [0.05, 0.1) is 6.04 Å². The van der Waals surface area contributed by atoms with Crippen molar-refractivity contribution in [1.29, 1.82) is 0 Å². The van der Waals surface area contributed by atoms with Crippen molar-refractivity contribution in [2.24, 2.45) is 0 Å². The van der Waals surface area contributed by atoms with Crippen LogP contribution in [0.5, 0.6) is 0 Å². The van der Waals surface area contributed by atoms with Crippen molar-refractivity contribution in [2.45, 2.75) is 37.3 Å². The minimum absolute atomic E-state index is 0.00387. The molecule has 6 rings (SSSR count). The quantitative estimate of drug-likeness (QED) is 0.506. The Kier molecular flexibility index (Phi) is 4.49. The summed E-state index contributed by atoms with van der Waals surface area (Å²) >= 11 is 0. The molecule has 32 heavy (non-hydrogen) atoms. The highest BCUT2D eigenvalue weighted by Crippen LogP contribution is 2.45. The van der Waals surface area contributed by atoms with Gasteiger partial charge in [0, 0.05) is 12.0 Å². The van der Waals surface area contributed by atoms with Crippen LogP contribution in [0.4, 0.5) is 4.79 Å². The van der Waals surface area contributed by atoms with Crippen LogP contribution in [0.3, 0.4) is 0 Å². The van der Waals surface area contributed by atoms with Gasteiger partial charge in [0.25, 0.3) is 0 Å². The highest BCUT2D eigenvalue weighted by atomic mass is 16.6. The smallest absolute Gasteiger partial charge is 0.410 e. The molecule has 1 aliphatic carbocycles. The van der Waals surface area contributed by atoms with Crippen molar-refractivity contribution >= 4 is 18.0 Å². The van der Waals surface area contributed by atoms with E-state index in [0.717, 1.165) is 24.2 Å². The number of amides is 1. The van der Waals surface area contributed by atoms with E-state index in [1.165, 1.54) is 22.3 Å². The van der Waals surface area contributed by atoms with Crippen molar-refractivity contribution in [1.82, 2.24) is 4.90 Å². The predicted molar refractivity (Wildman–Crippen MR) is 120 cm³/mol. The second-order valence-electron chi connectivity index (χ2n) is 8.73. The first-order chi connectivity index (χ1) is 15.7. The summed E-state index contributed by atoms with van der Waals surface area (Å²) < 4.78 is 11.5. The molecule has 0 saturated carbocycles. The topological polar surface area (TPSA) is 59.8 Å². The molecule has 3 aliphatic rings. The molecule has 3 aromatic rings. The van der Waals surface area contributed by atoms with E-state index in [0.29, 0.717) is 25.1 Å². The minimum atomic E-state index is -0.248. The van der Waals surface area contributed by atoms with Crippen LogP contribution in [0.1, 0.15) is 52.6 Å². The highest BCUT2D eigenvalue weighted by molar-refractivity contribution is 5.79. The zero-order valence-electron chi connectivity index (χ0n) is 17.6. The number of furan rings is 1. The lowest BCUT2D eigenvalue weighted by molar-refractivity contribution is 0.0865. The predicted octanol–water partition coefficient (Wildman–Crippen LogP) is 5.66. The van der Waals surface area contributed by atoms with E-state index < -0.39 is 0 Å². The van der Waals surface area contributed by atoms with Crippen LogP contribution in [-0.4, -0.2) is 36.0 Å². The molecular weight excluding hydrogens is 402 g/mol. The Morgan fingerprint density at radius 2 is 1.72 bits per heavy atom. The summed E-state index contributed by atoms with van der Waals surface area (Å²) in [5, 5.41) is 0. The maximum atomic E-state index is 13.1. The zero-order chi connectivity index (χ0) is 21.7. The summed E-state index contributed by atoms with van der Waals surface area (Å²) in [7, 11) is 0. The van der Waals surface area contributed by atoms with Gasteiger partial charge >= 0.3 is 6.09 Å². The molecule has 1 amide bonds. The fraction of sp³-hybridized carbons (Fsp3) is 0.259. The Bertz CT molecular complexity index is 1190. The highest BCUT2D eigenvalue weighted by Gasteiger charge is 2.41. The number of aldehydes is 1. The number of fused-ring (bicyclic) bond motifs is 5. The van der Waals surface area contributed by atoms with Gasteiger partial charge in [-0.25, -0.2) is 4.79 Å². The van der Waals surface area contributed by atoms with Crippen LogP contribution in [0.25, 0.3) is 16.7 Å². The van der Waals surface area contributed by atoms with Crippen molar-refractivity contribution < 1.29 is 18.7 Å². The van der Waals surface area contributed by atoms with Gasteiger partial charge in [0.2, 0.25) is 0 Å². The second kappa shape index (κ2) is 7.52. The fourth-order valence-corrected chi connectivity index (χ4v) is 5.55. The van der Waals surface area contributed by atoms with Crippen molar-refractivity contribution in [2.75, 3.05) is 6.61 Å². The molecule has 1 aromatic heterocycles. The van der Waals surface area contributed by atoms with Gasteiger partial charge in [0.1, 0.15) is 12.4 Å². The van der Waals surface area contributed by atoms with Crippen LogP contribution >= 0.6 is 0 Å². The van der Waals surface area contributed by atoms with Gasteiger partial charge in [0.15, 0.2) is 12.0 Å². The molecule has 2 atom stereocenters. The monoisotopic (exact) mass is 425 g/mol. The third-order valence-electron chi connectivity index (χ3n) is 7.00. The van der Waals surface area contributed by atoms with E-state index in [9.17, 15) is 9.59 Å². The Labute approximate surface area is 186 Å². The van der Waals surface area contributed by atoms with Gasteiger partial charge in [-0.15, -0.1) is 0 Å². The number of benzene rings is 2. The minimum Gasteiger partial charge on any atom is -0.454 e. The number of nitrogens with zero attached hydrogens (tertiary/aromatic N) is 1. The lowest BCUT2D eigenvalue weighted by atomic mass is 9.98. The van der Waals surface area contributed by atoms with Gasteiger partial charge in [-0.3, -0.25) is 9.69 Å². The third-order valence-corrected chi connectivity index (χ3v) is 7.00. The Hall–Kier alpha value is -3.60. The molecule has 0 spiro atoms. The SMILES string of the molecule is O=Cc1ccc(C2=CC3CCC(C2)N3C(=O)OCC2c3ccccc3-c3ccccc32)o1. The number of ether oxygens (including phenoxy) is 1. The van der Waals surface area contributed by atoms with Crippen LogP contribution in [0.15, 0.2) is 71.2 Å². The molecule has 0 N–H and O–H groups in total. The van der Waals surface area contributed by atoms with Gasteiger partial charge < -0.3 is 9.15 Å². The molecule has 160 valence electrons. The lowest BCUT2D eigenvalue weighted by Gasteiger charge is -2.33. The first-order valence-corrected chi connectivity index (χ1v) is 11.1. The van der Waals surface area contributed by atoms with Crippen LogP contribution < -0.4 is 0 Å². The number of rotatable bonds is 4. The van der Waals surface area contributed by atoms with E-state index >= 15 is 0 Å². The standard InChI is InChI=1S/C27H23NO4/c29-15-20-11-12-26(32-20)17-13-18-9-10-19(14-17)28(18)27(30)31-16-25-23-7-3-1-5-21(23)22-6-2-4-8-24(22)25/h1-8,11-13,15,18-19,25H,9-10,14,16H2. The van der Waals surface area contributed by atoms with E-state index in [-0.39, 0.29) is 24.1 Å². The molecule has 2 bridgehead atoms. The molecular formula is C27H23NO4. The summed E-state index contributed by atoms with van der Waals surface area (Å²) in [6.07, 6.45) is 5.13. The summed E-state index contributed by atoms with van der Waals surface area (Å²) in [5.41, 5.74) is 5.95. The number of hydrogen-bond donors (Lipinski definition) is 0. The average Bonchev–Trinajstić information content (AvgIpc) is 3.51. The fourth-order valence-electron chi connectivity index (χ4n) is 5.55. The molecule has 5 nitrogen and oxygen atoms in total.